The van der Waals surface area contributed by atoms with Crippen LogP contribution in [-0.2, 0) is 4.79 Å². The highest BCUT2D eigenvalue weighted by atomic mass is 35.5. The normalized spacial score (nSPS) is 17.8. The molecule has 36 heavy (non-hydrogen) atoms. The van der Waals surface area contributed by atoms with Gasteiger partial charge in [0.15, 0.2) is 6.61 Å². The van der Waals surface area contributed by atoms with Crippen molar-refractivity contribution in [1.82, 2.24) is 20.1 Å². The largest absolute Gasteiger partial charge is 0.484 e. The zero-order valence-electron chi connectivity index (χ0n) is 20.6. The van der Waals surface area contributed by atoms with Gasteiger partial charge in [0.25, 0.3) is 11.8 Å². The van der Waals surface area contributed by atoms with E-state index in [0.29, 0.717) is 27.7 Å². The number of piperidine rings is 1. The molecule has 1 aliphatic heterocycles. The van der Waals surface area contributed by atoms with Crippen molar-refractivity contribution in [2.45, 2.75) is 52.1 Å². The van der Waals surface area contributed by atoms with Gasteiger partial charge in [0, 0.05) is 17.6 Å². The van der Waals surface area contributed by atoms with Crippen molar-refractivity contribution < 1.29 is 14.3 Å². The molecule has 8 nitrogen and oxygen atoms in total. The number of aryl methyl sites for hydroxylation is 1. The lowest BCUT2D eigenvalue weighted by Gasteiger charge is -2.38. The third-order valence-electron chi connectivity index (χ3n) is 6.37. The van der Waals surface area contributed by atoms with Crippen molar-refractivity contribution in [3.8, 4) is 11.4 Å². The third-order valence-corrected chi connectivity index (χ3v) is 6.73. The number of hydrazone groups is 1. The molecule has 0 spiro atoms. The molecule has 3 aromatic rings. The Hall–Kier alpha value is -3.65. The summed E-state index contributed by atoms with van der Waals surface area (Å²) < 4.78 is 7.30. The molecule has 4 rings (SSSR count). The number of ether oxygens (including phenoxy) is 1. The Bertz CT molecular complexity index is 1230. The zero-order valence-corrected chi connectivity index (χ0v) is 21.4. The number of amides is 2. The monoisotopic (exact) mass is 507 g/mol. The Morgan fingerprint density at radius 2 is 1.78 bits per heavy atom. The number of likely N-dealkylation sites (tertiary alicyclic amines) is 1. The van der Waals surface area contributed by atoms with Crippen LogP contribution in [0, 0.1) is 6.92 Å². The van der Waals surface area contributed by atoms with Crippen LogP contribution in [-0.4, -0.2) is 51.4 Å². The van der Waals surface area contributed by atoms with E-state index in [1.165, 1.54) is 6.21 Å². The molecule has 2 amide bonds. The number of para-hydroxylation sites is 1. The second-order valence-corrected chi connectivity index (χ2v) is 9.34. The number of hydrogen-bond donors (Lipinski definition) is 1. The standard InChI is InChI=1S/C27H30ClN5O3/c1-18-8-7-9-19(2)32(18)25(34)17-36-23-14-12-21(13-15-23)27(35)30-29-16-24-20(3)31-33(26(24)28)22-10-5-4-6-11-22/h4-6,10-16,18-19H,7-9,17H2,1-3H3,(H,30,35)/b29-16-/t18-,19+. The van der Waals surface area contributed by atoms with E-state index in [4.69, 9.17) is 16.3 Å². The van der Waals surface area contributed by atoms with Gasteiger partial charge in [0.1, 0.15) is 10.9 Å². The van der Waals surface area contributed by atoms with Crippen LogP contribution in [0.1, 0.15) is 54.7 Å². The molecule has 9 heteroatoms. The summed E-state index contributed by atoms with van der Waals surface area (Å²) in [5.41, 5.74) is 5.05. The average molecular weight is 508 g/mol. The van der Waals surface area contributed by atoms with Gasteiger partial charge in [-0.3, -0.25) is 9.59 Å². The molecule has 2 heterocycles. The zero-order chi connectivity index (χ0) is 25.7. The number of benzene rings is 2. The van der Waals surface area contributed by atoms with E-state index in [-0.39, 0.29) is 30.5 Å². The maximum absolute atomic E-state index is 12.6. The van der Waals surface area contributed by atoms with E-state index in [2.05, 4.69) is 29.5 Å². The molecular weight excluding hydrogens is 478 g/mol. The van der Waals surface area contributed by atoms with Gasteiger partial charge in [0.05, 0.1) is 23.2 Å². The molecule has 0 saturated carbocycles. The molecular formula is C27H30ClN5O3. The minimum atomic E-state index is -0.380. The molecule has 2 atom stereocenters. The maximum atomic E-state index is 12.6. The molecule has 1 saturated heterocycles. The van der Waals surface area contributed by atoms with Crippen LogP contribution >= 0.6 is 11.6 Å². The minimum absolute atomic E-state index is 0.0182. The fourth-order valence-electron chi connectivity index (χ4n) is 4.45. The molecule has 1 aromatic heterocycles. The molecule has 0 bridgehead atoms. The van der Waals surface area contributed by atoms with Crippen molar-refractivity contribution in [3.05, 3.63) is 76.6 Å². The Morgan fingerprint density at radius 3 is 2.44 bits per heavy atom. The highest BCUT2D eigenvalue weighted by molar-refractivity contribution is 6.32. The predicted molar refractivity (Wildman–Crippen MR) is 140 cm³/mol. The van der Waals surface area contributed by atoms with Gasteiger partial charge in [-0.15, -0.1) is 0 Å². The van der Waals surface area contributed by atoms with Crippen molar-refractivity contribution >= 4 is 29.6 Å². The van der Waals surface area contributed by atoms with Crippen LogP contribution in [0.3, 0.4) is 0 Å². The number of halogens is 1. The summed E-state index contributed by atoms with van der Waals surface area (Å²) in [5.74, 6) is 0.126. The Kier molecular flexibility index (Phi) is 8.05. The summed E-state index contributed by atoms with van der Waals surface area (Å²) in [7, 11) is 0. The quantitative estimate of drug-likeness (QED) is 0.368. The lowest BCUT2D eigenvalue weighted by molar-refractivity contribution is -0.139. The van der Waals surface area contributed by atoms with E-state index < -0.39 is 0 Å². The highest BCUT2D eigenvalue weighted by Gasteiger charge is 2.29. The van der Waals surface area contributed by atoms with Crippen LogP contribution in [0.2, 0.25) is 5.15 Å². The summed E-state index contributed by atoms with van der Waals surface area (Å²) in [6, 6.07) is 16.6. The SMILES string of the molecule is Cc1nn(-c2ccccc2)c(Cl)c1/C=N\NC(=O)c1ccc(OCC(=O)N2[C@H](C)CCC[C@@H]2C)cc1. The molecule has 1 fully saturated rings. The third kappa shape index (κ3) is 5.76. The van der Waals surface area contributed by atoms with Gasteiger partial charge >= 0.3 is 0 Å². The lowest BCUT2D eigenvalue weighted by Crippen LogP contribution is -2.49. The Balaban J connectivity index is 1.32. The maximum Gasteiger partial charge on any atom is 0.271 e. The summed E-state index contributed by atoms with van der Waals surface area (Å²) in [6.45, 7) is 5.95. The number of rotatable bonds is 7. The molecule has 0 aliphatic carbocycles. The van der Waals surface area contributed by atoms with Crippen molar-refractivity contribution in [2.75, 3.05) is 6.61 Å². The Labute approximate surface area is 215 Å². The van der Waals surface area contributed by atoms with E-state index >= 15 is 0 Å². The topological polar surface area (TPSA) is 88.8 Å². The summed E-state index contributed by atoms with van der Waals surface area (Å²) in [6.07, 6.45) is 4.66. The number of nitrogens with one attached hydrogen (secondary N) is 1. The number of nitrogens with zero attached hydrogens (tertiary/aromatic N) is 4. The average Bonchev–Trinajstić information content (AvgIpc) is 3.16. The fourth-order valence-corrected chi connectivity index (χ4v) is 4.77. The number of aromatic nitrogens is 2. The van der Waals surface area contributed by atoms with Crippen LogP contribution in [0.5, 0.6) is 5.75 Å². The summed E-state index contributed by atoms with van der Waals surface area (Å²) in [5, 5.41) is 8.91. The molecule has 2 aromatic carbocycles. The molecule has 188 valence electrons. The van der Waals surface area contributed by atoms with Crippen LogP contribution in [0.25, 0.3) is 5.69 Å². The van der Waals surface area contributed by atoms with Gasteiger partial charge in [-0.05, 0) is 76.4 Å². The van der Waals surface area contributed by atoms with E-state index in [1.54, 1.807) is 28.9 Å². The van der Waals surface area contributed by atoms with Gasteiger partial charge < -0.3 is 9.64 Å². The van der Waals surface area contributed by atoms with E-state index in [0.717, 1.165) is 24.9 Å². The van der Waals surface area contributed by atoms with Crippen molar-refractivity contribution in [3.63, 3.8) is 0 Å². The van der Waals surface area contributed by atoms with E-state index in [1.807, 2.05) is 42.2 Å². The number of carbonyl (C=O) groups excluding carboxylic acids is 2. The smallest absolute Gasteiger partial charge is 0.271 e. The van der Waals surface area contributed by atoms with Crippen molar-refractivity contribution in [2.24, 2.45) is 5.10 Å². The molecule has 1 aliphatic rings. The molecule has 1 N–H and O–H groups in total. The summed E-state index contributed by atoms with van der Waals surface area (Å²) >= 11 is 6.49. The minimum Gasteiger partial charge on any atom is -0.484 e. The van der Waals surface area contributed by atoms with Crippen LogP contribution in [0.15, 0.2) is 59.7 Å². The fraction of sp³-hybridized carbons (Fsp3) is 0.333. The van der Waals surface area contributed by atoms with E-state index in [9.17, 15) is 9.59 Å². The highest BCUT2D eigenvalue weighted by Crippen LogP contribution is 2.23. The molecule has 0 unspecified atom stereocenters. The van der Waals surface area contributed by atoms with Crippen molar-refractivity contribution in [1.29, 1.82) is 0 Å². The first-order valence-corrected chi connectivity index (χ1v) is 12.4. The van der Waals surface area contributed by atoms with Gasteiger partial charge in [-0.1, -0.05) is 29.8 Å². The Morgan fingerprint density at radius 1 is 1.11 bits per heavy atom. The number of carbonyl (C=O) groups is 2. The van der Waals surface area contributed by atoms with Gasteiger partial charge in [-0.2, -0.15) is 10.2 Å². The van der Waals surface area contributed by atoms with Gasteiger partial charge in [-0.25, -0.2) is 10.1 Å². The number of hydrogen-bond acceptors (Lipinski definition) is 5. The summed E-state index contributed by atoms with van der Waals surface area (Å²) in [4.78, 5) is 27.1. The molecule has 0 radical (unpaired) electrons. The lowest BCUT2D eigenvalue weighted by atomic mass is 9.97. The first-order valence-electron chi connectivity index (χ1n) is 12.0. The van der Waals surface area contributed by atoms with Crippen LogP contribution < -0.4 is 10.2 Å². The first kappa shape index (κ1) is 25.4. The van der Waals surface area contributed by atoms with Gasteiger partial charge in [0.2, 0.25) is 0 Å². The first-order chi connectivity index (χ1) is 17.3. The predicted octanol–water partition coefficient (Wildman–Crippen LogP) is 4.77. The second kappa shape index (κ2) is 11.4. The van der Waals surface area contributed by atoms with Crippen LogP contribution in [0.4, 0.5) is 0 Å². The second-order valence-electron chi connectivity index (χ2n) is 8.98.